The Kier molecular flexibility index (Phi) is 5.03. The second kappa shape index (κ2) is 7.59. The highest BCUT2D eigenvalue weighted by Gasteiger charge is 2.33. The molecule has 8 heteroatoms. The van der Waals surface area contributed by atoms with Crippen LogP contribution >= 0.6 is 11.8 Å². The first-order chi connectivity index (χ1) is 12.7. The van der Waals surface area contributed by atoms with Gasteiger partial charge in [-0.25, -0.2) is 0 Å². The number of carbonyl (C=O) groups is 2. The number of hydrogen-bond acceptors (Lipinski definition) is 6. The maximum atomic E-state index is 12.4. The molecule has 2 aromatic rings. The Bertz CT molecular complexity index is 824. The maximum absolute atomic E-state index is 12.4. The third-order valence-electron chi connectivity index (χ3n) is 4.87. The molecule has 2 amide bonds. The van der Waals surface area contributed by atoms with E-state index in [2.05, 4.69) is 20.6 Å². The van der Waals surface area contributed by atoms with Gasteiger partial charge >= 0.3 is 0 Å². The van der Waals surface area contributed by atoms with Gasteiger partial charge in [0.1, 0.15) is 0 Å². The number of nitrogens with one attached hydrogen (secondary N) is 2. The normalized spacial score (nSPS) is 22.7. The number of rotatable bonds is 4. The molecule has 0 saturated carbocycles. The third-order valence-corrected chi connectivity index (χ3v) is 5.83. The van der Waals surface area contributed by atoms with E-state index < -0.39 is 0 Å². The molecule has 0 spiro atoms. The molecule has 2 fully saturated rings. The molecular formula is C18H21N5O2S. The quantitative estimate of drug-likeness (QED) is 0.829. The minimum atomic E-state index is -0.122. The van der Waals surface area contributed by atoms with Gasteiger partial charge in [0.25, 0.3) is 5.91 Å². The van der Waals surface area contributed by atoms with Gasteiger partial charge in [-0.2, -0.15) is 0 Å². The summed E-state index contributed by atoms with van der Waals surface area (Å²) < 4.78 is 0. The predicted octanol–water partition coefficient (Wildman–Crippen LogP) is 0.871. The molecule has 0 radical (unpaired) electrons. The SMILES string of the molecule is O=C(NC[C@@H]1CN[C@H](C(=O)N2CCSC2)C1)c1ccc2nccnc2c1. The van der Waals surface area contributed by atoms with Crippen molar-refractivity contribution in [2.75, 3.05) is 31.3 Å². The number of carbonyl (C=O) groups excluding carboxylic acids is 2. The fourth-order valence-electron chi connectivity index (χ4n) is 3.40. The first-order valence-corrected chi connectivity index (χ1v) is 9.95. The Morgan fingerprint density at radius 1 is 1.27 bits per heavy atom. The number of amides is 2. The third kappa shape index (κ3) is 3.66. The molecular weight excluding hydrogens is 350 g/mol. The van der Waals surface area contributed by atoms with Crippen molar-refractivity contribution < 1.29 is 9.59 Å². The van der Waals surface area contributed by atoms with E-state index in [1.807, 2.05) is 4.90 Å². The summed E-state index contributed by atoms with van der Waals surface area (Å²) in [5.41, 5.74) is 2.05. The van der Waals surface area contributed by atoms with Gasteiger partial charge in [0.05, 0.1) is 23.0 Å². The van der Waals surface area contributed by atoms with Crippen LogP contribution in [-0.4, -0.2) is 64.0 Å². The van der Waals surface area contributed by atoms with E-state index in [1.54, 1.807) is 42.4 Å². The zero-order chi connectivity index (χ0) is 17.9. The minimum Gasteiger partial charge on any atom is -0.352 e. The molecule has 0 aliphatic carbocycles. The Balaban J connectivity index is 1.31. The lowest BCUT2D eigenvalue weighted by Crippen LogP contribution is -2.42. The van der Waals surface area contributed by atoms with Crippen LogP contribution in [0, 0.1) is 5.92 Å². The molecule has 1 aromatic carbocycles. The Hall–Kier alpha value is -2.19. The van der Waals surface area contributed by atoms with Gasteiger partial charge in [0.15, 0.2) is 0 Å². The van der Waals surface area contributed by atoms with E-state index in [4.69, 9.17) is 0 Å². The van der Waals surface area contributed by atoms with Gasteiger partial charge < -0.3 is 15.5 Å². The zero-order valence-electron chi connectivity index (χ0n) is 14.4. The molecule has 4 rings (SSSR count). The summed E-state index contributed by atoms with van der Waals surface area (Å²) >= 11 is 1.79. The highest BCUT2D eigenvalue weighted by molar-refractivity contribution is 7.99. The summed E-state index contributed by atoms with van der Waals surface area (Å²) in [6.07, 6.45) is 4.02. The Morgan fingerprint density at radius 3 is 2.92 bits per heavy atom. The predicted molar refractivity (Wildman–Crippen MR) is 101 cm³/mol. The van der Waals surface area contributed by atoms with Crippen LogP contribution in [0.25, 0.3) is 11.0 Å². The fourth-order valence-corrected chi connectivity index (χ4v) is 4.36. The van der Waals surface area contributed by atoms with Gasteiger partial charge in [0, 0.05) is 43.3 Å². The van der Waals surface area contributed by atoms with Crippen molar-refractivity contribution in [3.63, 3.8) is 0 Å². The monoisotopic (exact) mass is 371 g/mol. The Labute approximate surface area is 155 Å². The summed E-state index contributed by atoms with van der Waals surface area (Å²) in [6.45, 7) is 2.15. The topological polar surface area (TPSA) is 87.2 Å². The van der Waals surface area contributed by atoms with Crippen molar-refractivity contribution in [2.24, 2.45) is 5.92 Å². The van der Waals surface area contributed by atoms with Crippen molar-refractivity contribution in [1.29, 1.82) is 0 Å². The van der Waals surface area contributed by atoms with Crippen LogP contribution in [0.5, 0.6) is 0 Å². The number of fused-ring (bicyclic) bond motifs is 1. The molecule has 26 heavy (non-hydrogen) atoms. The molecule has 2 aliphatic heterocycles. The lowest BCUT2D eigenvalue weighted by atomic mass is 10.0. The molecule has 0 unspecified atom stereocenters. The molecule has 2 aliphatic rings. The smallest absolute Gasteiger partial charge is 0.251 e. The molecule has 2 saturated heterocycles. The second-order valence-electron chi connectivity index (χ2n) is 6.67. The maximum Gasteiger partial charge on any atom is 0.251 e. The molecule has 2 atom stereocenters. The van der Waals surface area contributed by atoms with Crippen LogP contribution in [0.15, 0.2) is 30.6 Å². The van der Waals surface area contributed by atoms with Gasteiger partial charge in [-0.05, 0) is 30.5 Å². The highest BCUT2D eigenvalue weighted by atomic mass is 32.2. The van der Waals surface area contributed by atoms with Gasteiger partial charge in [0.2, 0.25) is 5.91 Å². The molecule has 136 valence electrons. The fraction of sp³-hybridized carbons (Fsp3) is 0.444. The van der Waals surface area contributed by atoms with Crippen LogP contribution in [-0.2, 0) is 4.79 Å². The number of benzene rings is 1. The average Bonchev–Trinajstić information content (AvgIpc) is 3.37. The van der Waals surface area contributed by atoms with Gasteiger partial charge in [-0.1, -0.05) is 0 Å². The van der Waals surface area contributed by atoms with Crippen LogP contribution < -0.4 is 10.6 Å². The van der Waals surface area contributed by atoms with Crippen LogP contribution in [0.4, 0.5) is 0 Å². The van der Waals surface area contributed by atoms with Gasteiger partial charge in [-0.3, -0.25) is 19.6 Å². The van der Waals surface area contributed by atoms with E-state index in [-0.39, 0.29) is 23.8 Å². The average molecular weight is 371 g/mol. The van der Waals surface area contributed by atoms with Crippen LogP contribution in [0.3, 0.4) is 0 Å². The van der Waals surface area contributed by atoms with E-state index in [9.17, 15) is 9.59 Å². The Morgan fingerprint density at radius 2 is 2.12 bits per heavy atom. The lowest BCUT2D eigenvalue weighted by Gasteiger charge is -2.19. The molecule has 3 heterocycles. The molecule has 0 bridgehead atoms. The van der Waals surface area contributed by atoms with Crippen molar-refractivity contribution in [1.82, 2.24) is 25.5 Å². The number of hydrogen-bond donors (Lipinski definition) is 2. The largest absolute Gasteiger partial charge is 0.352 e. The molecule has 7 nitrogen and oxygen atoms in total. The van der Waals surface area contributed by atoms with Gasteiger partial charge in [-0.15, -0.1) is 11.8 Å². The van der Waals surface area contributed by atoms with E-state index >= 15 is 0 Å². The van der Waals surface area contributed by atoms with Crippen LogP contribution in [0.1, 0.15) is 16.8 Å². The summed E-state index contributed by atoms with van der Waals surface area (Å²) in [6, 6.07) is 5.20. The van der Waals surface area contributed by atoms with Crippen molar-refractivity contribution >= 4 is 34.6 Å². The summed E-state index contributed by atoms with van der Waals surface area (Å²) in [4.78, 5) is 35.2. The van der Waals surface area contributed by atoms with E-state index in [1.165, 1.54) is 0 Å². The number of nitrogens with zero attached hydrogens (tertiary/aromatic N) is 3. The summed E-state index contributed by atoms with van der Waals surface area (Å²) in [7, 11) is 0. The van der Waals surface area contributed by atoms with Crippen LogP contribution in [0.2, 0.25) is 0 Å². The molecule has 1 aromatic heterocycles. The van der Waals surface area contributed by atoms with Crippen molar-refractivity contribution in [2.45, 2.75) is 12.5 Å². The molecule has 2 N–H and O–H groups in total. The number of thioether (sulfide) groups is 1. The second-order valence-corrected chi connectivity index (χ2v) is 7.75. The first-order valence-electron chi connectivity index (χ1n) is 8.79. The minimum absolute atomic E-state index is 0.119. The van der Waals surface area contributed by atoms with Crippen molar-refractivity contribution in [3.05, 3.63) is 36.2 Å². The standard InChI is InChI=1S/C18H21N5O2S/c24-17(13-1-2-14-15(8-13)20-4-3-19-14)22-10-12-7-16(21-9-12)18(25)23-5-6-26-11-23/h1-4,8,12,16,21H,5-7,9-11H2,(H,22,24)/t12-,16-/m0/s1. The van der Waals surface area contributed by atoms with E-state index in [0.717, 1.165) is 36.7 Å². The highest BCUT2D eigenvalue weighted by Crippen LogP contribution is 2.20. The summed E-state index contributed by atoms with van der Waals surface area (Å²) in [5, 5.41) is 6.28. The van der Waals surface area contributed by atoms with Crippen molar-refractivity contribution in [3.8, 4) is 0 Å². The number of aromatic nitrogens is 2. The first kappa shape index (κ1) is 17.2. The summed E-state index contributed by atoms with van der Waals surface area (Å²) in [5.74, 6) is 2.15. The lowest BCUT2D eigenvalue weighted by molar-refractivity contribution is -0.131. The van der Waals surface area contributed by atoms with E-state index in [0.29, 0.717) is 17.6 Å². The zero-order valence-corrected chi connectivity index (χ0v) is 15.2.